The van der Waals surface area contributed by atoms with Crippen molar-refractivity contribution >= 4 is 5.97 Å². The summed E-state index contributed by atoms with van der Waals surface area (Å²) in [6, 6.07) is 5.38. The lowest BCUT2D eigenvalue weighted by Gasteiger charge is -2.33. The van der Waals surface area contributed by atoms with Crippen LogP contribution in [-0.2, 0) is 4.79 Å². The van der Waals surface area contributed by atoms with Gasteiger partial charge in [0.25, 0.3) is 0 Å². The van der Waals surface area contributed by atoms with Crippen molar-refractivity contribution in [2.24, 2.45) is 5.41 Å². The Labute approximate surface area is 118 Å². The molecule has 0 radical (unpaired) electrons. The fraction of sp³-hybridized carbons (Fsp3) is 0.533. The number of hydrogen-bond acceptors (Lipinski definition) is 4. The van der Waals surface area contributed by atoms with Crippen LogP contribution in [0.25, 0.3) is 0 Å². The molecule has 0 aliphatic carbocycles. The minimum absolute atomic E-state index is 0.272. The first-order valence-corrected chi connectivity index (χ1v) is 6.69. The monoisotopic (exact) mass is 279 g/mol. The lowest BCUT2D eigenvalue weighted by atomic mass is 9.92. The molecule has 5 heteroatoms. The lowest BCUT2D eigenvalue weighted by Crippen LogP contribution is -2.47. The van der Waals surface area contributed by atoms with Gasteiger partial charge >= 0.3 is 5.97 Å². The molecule has 5 nitrogen and oxygen atoms in total. The molecule has 0 fully saturated rings. The molecule has 0 spiro atoms. The average Bonchev–Trinajstić information content (AvgIpc) is 2.37. The van der Waals surface area contributed by atoms with Crippen LogP contribution in [0.1, 0.15) is 31.1 Å². The van der Waals surface area contributed by atoms with Crippen molar-refractivity contribution < 1.29 is 19.7 Å². The van der Waals surface area contributed by atoms with E-state index in [1.807, 2.05) is 25.1 Å². The molecular weight excluding hydrogens is 258 g/mol. The van der Waals surface area contributed by atoms with E-state index in [0.29, 0.717) is 12.4 Å². The van der Waals surface area contributed by atoms with Crippen LogP contribution in [0, 0.1) is 12.3 Å². The number of aliphatic hydroxyl groups excluding tert-OH is 1. The Hall–Kier alpha value is -1.59. The van der Waals surface area contributed by atoms with Crippen LogP contribution < -0.4 is 10.1 Å². The summed E-state index contributed by atoms with van der Waals surface area (Å²) < 4.78 is 5.64. The zero-order valence-electron chi connectivity index (χ0n) is 12.0. The van der Waals surface area contributed by atoms with Gasteiger partial charge in [-0.25, -0.2) is 0 Å². The van der Waals surface area contributed by atoms with E-state index < -0.39 is 17.5 Å². The maximum Gasteiger partial charge on any atom is 0.310 e. The van der Waals surface area contributed by atoms with Gasteiger partial charge in [0.2, 0.25) is 0 Å². The van der Waals surface area contributed by atoms with Crippen LogP contribution in [0.5, 0.6) is 5.75 Å². The summed E-state index contributed by atoms with van der Waals surface area (Å²) in [7, 11) is 0. The number of benzene rings is 1. The van der Waals surface area contributed by atoms with E-state index in [0.717, 1.165) is 11.1 Å². The predicted molar refractivity (Wildman–Crippen MR) is 74.8 cm³/mol. The van der Waals surface area contributed by atoms with Crippen LogP contribution in [0.3, 0.4) is 0 Å². The predicted octanol–water partition coefficient (Wildman–Crippen LogP) is 1.49. The second-order valence-corrected chi connectivity index (χ2v) is 5.97. The minimum Gasteiger partial charge on any atom is -0.491 e. The van der Waals surface area contributed by atoms with E-state index in [-0.39, 0.29) is 12.6 Å². The number of aliphatic hydroxyl groups is 1. The third kappa shape index (κ3) is 2.94. The van der Waals surface area contributed by atoms with Crippen molar-refractivity contribution in [3.8, 4) is 5.75 Å². The number of ether oxygens (including phenoxy) is 1. The summed E-state index contributed by atoms with van der Waals surface area (Å²) in [5.74, 6) is -0.166. The fourth-order valence-electron chi connectivity index (χ4n) is 2.13. The summed E-state index contributed by atoms with van der Waals surface area (Å²) in [6.07, 6.45) is -0.691. The van der Waals surface area contributed by atoms with E-state index in [1.54, 1.807) is 13.8 Å². The molecule has 0 saturated heterocycles. The van der Waals surface area contributed by atoms with Crippen LogP contribution in [0.15, 0.2) is 18.2 Å². The molecule has 1 aromatic carbocycles. The van der Waals surface area contributed by atoms with Gasteiger partial charge in [-0.3, -0.25) is 4.79 Å². The fourth-order valence-corrected chi connectivity index (χ4v) is 2.13. The molecule has 110 valence electrons. The lowest BCUT2D eigenvalue weighted by molar-refractivity contribution is -0.146. The van der Waals surface area contributed by atoms with E-state index >= 15 is 0 Å². The molecule has 0 saturated carbocycles. The number of rotatable bonds is 4. The first-order valence-electron chi connectivity index (χ1n) is 6.69. The standard InChI is InChI=1S/C15H21NO4/c1-9-4-5-10-12(6-9)20-7-11(13(10)17)16-8-15(2,3)14(18)19/h4-6,11,13,16-17H,7-8H2,1-3H3,(H,18,19)/t11-,13+/m1/s1. The molecule has 1 aliphatic rings. The molecule has 1 aromatic rings. The molecule has 0 amide bonds. The Bertz CT molecular complexity index is 513. The molecule has 2 rings (SSSR count). The molecule has 20 heavy (non-hydrogen) atoms. The van der Waals surface area contributed by atoms with E-state index in [1.165, 1.54) is 0 Å². The average molecular weight is 279 g/mol. The van der Waals surface area contributed by atoms with Gasteiger partial charge in [-0.05, 0) is 32.4 Å². The number of fused-ring (bicyclic) bond motifs is 1. The number of nitrogens with one attached hydrogen (secondary N) is 1. The van der Waals surface area contributed by atoms with Crippen molar-refractivity contribution in [3.05, 3.63) is 29.3 Å². The second-order valence-electron chi connectivity index (χ2n) is 5.97. The molecule has 3 N–H and O–H groups in total. The Balaban J connectivity index is 2.06. The molecule has 1 aliphatic heterocycles. The minimum atomic E-state index is -0.882. The topological polar surface area (TPSA) is 78.8 Å². The smallest absolute Gasteiger partial charge is 0.310 e. The highest BCUT2D eigenvalue weighted by atomic mass is 16.5. The number of carboxylic acid groups (broad SMARTS) is 1. The van der Waals surface area contributed by atoms with Gasteiger partial charge in [0.1, 0.15) is 18.5 Å². The number of aliphatic carboxylic acids is 1. The van der Waals surface area contributed by atoms with Crippen molar-refractivity contribution in [3.63, 3.8) is 0 Å². The molecule has 0 aromatic heterocycles. The van der Waals surface area contributed by atoms with Crippen LogP contribution >= 0.6 is 0 Å². The molecule has 0 unspecified atom stereocenters. The third-order valence-corrected chi connectivity index (χ3v) is 3.67. The normalized spacial score (nSPS) is 22.0. The van der Waals surface area contributed by atoms with Crippen LogP contribution in [0.2, 0.25) is 0 Å². The highest BCUT2D eigenvalue weighted by Crippen LogP contribution is 2.33. The Morgan fingerprint density at radius 3 is 2.85 bits per heavy atom. The Morgan fingerprint density at radius 2 is 2.20 bits per heavy atom. The first kappa shape index (κ1) is 14.8. The van der Waals surface area contributed by atoms with Gasteiger partial charge in [-0.15, -0.1) is 0 Å². The van der Waals surface area contributed by atoms with E-state index in [9.17, 15) is 9.90 Å². The van der Waals surface area contributed by atoms with Gasteiger partial charge in [0.15, 0.2) is 0 Å². The summed E-state index contributed by atoms with van der Waals surface area (Å²) in [5, 5.41) is 22.5. The second kappa shape index (κ2) is 5.42. The van der Waals surface area contributed by atoms with Crippen molar-refractivity contribution in [2.45, 2.75) is 32.9 Å². The molecule has 0 bridgehead atoms. The van der Waals surface area contributed by atoms with Crippen molar-refractivity contribution in [2.75, 3.05) is 13.2 Å². The first-order chi connectivity index (χ1) is 9.31. The maximum absolute atomic E-state index is 11.1. The van der Waals surface area contributed by atoms with Gasteiger partial charge in [0.05, 0.1) is 11.5 Å². The maximum atomic E-state index is 11.1. The quantitative estimate of drug-likeness (QED) is 0.778. The summed E-state index contributed by atoms with van der Waals surface area (Å²) in [5.41, 5.74) is 0.939. The highest BCUT2D eigenvalue weighted by molar-refractivity contribution is 5.73. The van der Waals surface area contributed by atoms with Gasteiger partial charge in [-0.1, -0.05) is 12.1 Å². The van der Waals surface area contributed by atoms with Crippen LogP contribution in [0.4, 0.5) is 0 Å². The number of aryl methyl sites for hydroxylation is 1. The summed E-state index contributed by atoms with van der Waals surface area (Å²) in [6.45, 7) is 5.86. The van der Waals surface area contributed by atoms with Gasteiger partial charge < -0.3 is 20.3 Å². The van der Waals surface area contributed by atoms with Crippen molar-refractivity contribution in [1.82, 2.24) is 5.32 Å². The molecule has 1 heterocycles. The van der Waals surface area contributed by atoms with Gasteiger partial charge in [0, 0.05) is 12.1 Å². The number of carbonyl (C=O) groups is 1. The zero-order valence-corrected chi connectivity index (χ0v) is 12.0. The zero-order chi connectivity index (χ0) is 14.9. The summed E-state index contributed by atoms with van der Waals surface area (Å²) >= 11 is 0. The largest absolute Gasteiger partial charge is 0.491 e. The van der Waals surface area contributed by atoms with Crippen molar-refractivity contribution in [1.29, 1.82) is 0 Å². The molecule has 2 atom stereocenters. The number of hydrogen-bond donors (Lipinski definition) is 3. The van der Waals surface area contributed by atoms with Crippen LogP contribution in [-0.4, -0.2) is 35.4 Å². The number of carboxylic acids is 1. The molecular formula is C15H21NO4. The van der Waals surface area contributed by atoms with E-state index in [4.69, 9.17) is 9.84 Å². The van der Waals surface area contributed by atoms with Gasteiger partial charge in [-0.2, -0.15) is 0 Å². The highest BCUT2D eigenvalue weighted by Gasteiger charge is 2.33. The van der Waals surface area contributed by atoms with E-state index in [2.05, 4.69) is 5.32 Å². The Kier molecular flexibility index (Phi) is 4.01. The summed E-state index contributed by atoms with van der Waals surface area (Å²) in [4.78, 5) is 11.1. The Morgan fingerprint density at radius 1 is 1.50 bits per heavy atom. The third-order valence-electron chi connectivity index (χ3n) is 3.67. The SMILES string of the molecule is Cc1ccc2c(c1)OC[C@@H](NCC(C)(C)C(=O)O)[C@H]2O.